The van der Waals surface area contributed by atoms with Crippen LogP contribution in [0.15, 0.2) is 30.5 Å². The van der Waals surface area contributed by atoms with E-state index in [4.69, 9.17) is 9.72 Å². The normalized spacial score (nSPS) is 15.1. The molecule has 0 N–H and O–H groups in total. The molecule has 8 heteroatoms. The Bertz CT molecular complexity index is 977. The minimum atomic E-state index is -0.0948. The van der Waals surface area contributed by atoms with Gasteiger partial charge in [-0.2, -0.15) is 5.10 Å². The summed E-state index contributed by atoms with van der Waals surface area (Å²) in [5, 5.41) is 5.17. The number of hydrogen-bond acceptors (Lipinski definition) is 6. The Hall–Kier alpha value is -2.29. The second kappa shape index (κ2) is 9.02. The molecule has 1 aliphatic rings. The maximum absolute atomic E-state index is 13.4. The van der Waals surface area contributed by atoms with Crippen LogP contribution in [0.4, 0.5) is 5.13 Å². The largest absolute Gasteiger partial charge is 0.379 e. The number of benzene rings is 1. The fourth-order valence-corrected chi connectivity index (χ4v) is 4.57. The van der Waals surface area contributed by atoms with E-state index in [2.05, 4.69) is 35.1 Å². The summed E-state index contributed by atoms with van der Waals surface area (Å²) in [6.45, 7) is 9.54. The molecule has 1 aliphatic heterocycles. The third kappa shape index (κ3) is 4.34. The van der Waals surface area contributed by atoms with Gasteiger partial charge in [-0.05, 0) is 31.0 Å². The minimum absolute atomic E-state index is 0.0948. The van der Waals surface area contributed by atoms with Crippen molar-refractivity contribution in [2.75, 3.05) is 44.3 Å². The lowest BCUT2D eigenvalue weighted by Gasteiger charge is -2.29. The average Bonchev–Trinajstić information content (AvgIpc) is 3.41. The Morgan fingerprint density at radius 1 is 1.24 bits per heavy atom. The molecule has 7 nitrogen and oxygen atoms in total. The molecule has 0 atom stereocenters. The van der Waals surface area contributed by atoms with Gasteiger partial charge in [0.1, 0.15) is 0 Å². The van der Waals surface area contributed by atoms with E-state index >= 15 is 0 Å². The Morgan fingerprint density at radius 3 is 2.79 bits per heavy atom. The van der Waals surface area contributed by atoms with Gasteiger partial charge in [0.25, 0.3) is 5.91 Å². The van der Waals surface area contributed by atoms with Crippen LogP contribution in [-0.2, 0) is 17.7 Å². The van der Waals surface area contributed by atoms with Crippen molar-refractivity contribution in [3.8, 4) is 0 Å². The number of carbonyl (C=O) groups is 1. The van der Waals surface area contributed by atoms with Gasteiger partial charge >= 0.3 is 0 Å². The molecule has 0 spiro atoms. The summed E-state index contributed by atoms with van der Waals surface area (Å²) in [6, 6.07) is 8.03. The first kappa shape index (κ1) is 20.0. The van der Waals surface area contributed by atoms with Gasteiger partial charge in [0.05, 0.1) is 23.4 Å². The molecule has 3 aromatic rings. The summed E-state index contributed by atoms with van der Waals surface area (Å²) in [5.41, 5.74) is 2.67. The molecule has 0 radical (unpaired) electrons. The quantitative estimate of drug-likeness (QED) is 0.596. The number of fused-ring (bicyclic) bond motifs is 1. The fraction of sp³-hybridized carbons (Fsp3) is 0.476. The molecule has 2 aromatic heterocycles. The number of hydrogen-bond donors (Lipinski definition) is 0. The summed E-state index contributed by atoms with van der Waals surface area (Å²) in [7, 11) is 0. The van der Waals surface area contributed by atoms with Crippen molar-refractivity contribution >= 4 is 32.6 Å². The lowest BCUT2D eigenvalue weighted by Crippen LogP contribution is -2.43. The molecular weight excluding hydrogens is 386 g/mol. The van der Waals surface area contributed by atoms with Crippen LogP contribution in [0, 0.1) is 0 Å². The number of nitrogens with zero attached hydrogens (tertiary/aromatic N) is 5. The maximum atomic E-state index is 13.4. The lowest BCUT2D eigenvalue weighted by molar-refractivity contribution is 0.0391. The third-order valence-electron chi connectivity index (χ3n) is 5.28. The van der Waals surface area contributed by atoms with E-state index in [0.717, 1.165) is 61.2 Å². The molecule has 4 rings (SSSR count). The highest BCUT2D eigenvalue weighted by Gasteiger charge is 2.24. The number of aromatic nitrogens is 3. The van der Waals surface area contributed by atoms with Gasteiger partial charge in [-0.25, -0.2) is 4.98 Å². The molecule has 0 aliphatic carbocycles. The predicted octanol–water partition coefficient (Wildman–Crippen LogP) is 3.05. The molecule has 3 heterocycles. The van der Waals surface area contributed by atoms with E-state index in [1.807, 2.05) is 13.1 Å². The molecule has 1 aromatic carbocycles. The standard InChI is InChI=1S/C21H27N5O2S/c1-3-16-6-5-7-18-19(16)22-21(29-18)26(11-10-24-12-14-28-15-13-24)20(27)17-8-9-25(4-2)23-17/h5-9H,3-4,10-15H2,1-2H3. The van der Waals surface area contributed by atoms with E-state index in [1.165, 1.54) is 5.56 Å². The summed E-state index contributed by atoms with van der Waals surface area (Å²) in [4.78, 5) is 22.3. The molecule has 0 unspecified atom stereocenters. The van der Waals surface area contributed by atoms with Gasteiger partial charge in [0.2, 0.25) is 0 Å². The molecule has 0 saturated carbocycles. The summed E-state index contributed by atoms with van der Waals surface area (Å²) in [5.74, 6) is -0.0948. The topological polar surface area (TPSA) is 63.5 Å². The van der Waals surface area contributed by atoms with E-state index in [-0.39, 0.29) is 5.91 Å². The van der Waals surface area contributed by atoms with Gasteiger partial charge in [-0.15, -0.1) is 0 Å². The number of ether oxygens (including phenoxy) is 1. The lowest BCUT2D eigenvalue weighted by atomic mass is 10.1. The molecule has 1 amide bonds. The van der Waals surface area contributed by atoms with Crippen LogP contribution in [0.25, 0.3) is 10.2 Å². The maximum Gasteiger partial charge on any atom is 0.280 e. The van der Waals surface area contributed by atoms with Crippen molar-refractivity contribution in [1.29, 1.82) is 0 Å². The number of rotatable bonds is 7. The number of aryl methyl sites for hydroxylation is 2. The smallest absolute Gasteiger partial charge is 0.280 e. The number of para-hydroxylation sites is 1. The van der Waals surface area contributed by atoms with Crippen LogP contribution in [0.1, 0.15) is 29.9 Å². The fourth-order valence-electron chi connectivity index (χ4n) is 3.53. The number of amides is 1. The van der Waals surface area contributed by atoms with Gasteiger partial charge < -0.3 is 4.74 Å². The Morgan fingerprint density at radius 2 is 2.07 bits per heavy atom. The van der Waals surface area contributed by atoms with E-state index in [1.54, 1.807) is 27.0 Å². The van der Waals surface area contributed by atoms with Crippen molar-refractivity contribution in [2.45, 2.75) is 26.8 Å². The first-order valence-corrected chi connectivity index (χ1v) is 11.0. The first-order valence-electron chi connectivity index (χ1n) is 10.2. The zero-order chi connectivity index (χ0) is 20.2. The van der Waals surface area contributed by atoms with Gasteiger partial charge in [0.15, 0.2) is 10.8 Å². The second-order valence-electron chi connectivity index (χ2n) is 7.08. The first-order chi connectivity index (χ1) is 14.2. The predicted molar refractivity (Wildman–Crippen MR) is 116 cm³/mol. The Balaban J connectivity index is 1.64. The highest BCUT2D eigenvalue weighted by atomic mass is 32.1. The van der Waals surface area contributed by atoms with Crippen molar-refractivity contribution in [1.82, 2.24) is 19.7 Å². The highest BCUT2D eigenvalue weighted by molar-refractivity contribution is 7.22. The van der Waals surface area contributed by atoms with E-state index in [0.29, 0.717) is 12.2 Å². The zero-order valence-electron chi connectivity index (χ0n) is 17.0. The molecule has 0 bridgehead atoms. The number of morpholine rings is 1. The number of anilines is 1. The van der Waals surface area contributed by atoms with Crippen molar-refractivity contribution in [3.05, 3.63) is 41.7 Å². The van der Waals surface area contributed by atoms with Crippen molar-refractivity contribution < 1.29 is 9.53 Å². The third-order valence-corrected chi connectivity index (χ3v) is 6.32. The summed E-state index contributed by atoms with van der Waals surface area (Å²) in [6.07, 6.45) is 2.77. The van der Waals surface area contributed by atoms with Crippen molar-refractivity contribution in [3.63, 3.8) is 0 Å². The molecule has 154 valence electrons. The minimum Gasteiger partial charge on any atom is -0.379 e. The molecular formula is C21H27N5O2S. The van der Waals surface area contributed by atoms with Crippen LogP contribution in [0.5, 0.6) is 0 Å². The van der Waals surface area contributed by atoms with Crippen molar-refractivity contribution in [2.24, 2.45) is 0 Å². The number of carbonyl (C=O) groups excluding carboxylic acids is 1. The number of thiazole rings is 1. The second-order valence-corrected chi connectivity index (χ2v) is 8.09. The Labute approximate surface area is 174 Å². The SMILES string of the molecule is CCc1cccc2sc(N(CCN3CCOCC3)C(=O)c3ccn(CC)n3)nc12. The zero-order valence-corrected chi connectivity index (χ0v) is 17.8. The highest BCUT2D eigenvalue weighted by Crippen LogP contribution is 2.31. The van der Waals surface area contributed by atoms with E-state index < -0.39 is 0 Å². The molecule has 29 heavy (non-hydrogen) atoms. The molecule has 1 fully saturated rings. The summed E-state index contributed by atoms with van der Waals surface area (Å²) >= 11 is 1.57. The van der Waals surface area contributed by atoms with Crippen LogP contribution in [0.3, 0.4) is 0 Å². The van der Waals surface area contributed by atoms with Crippen LogP contribution >= 0.6 is 11.3 Å². The summed E-state index contributed by atoms with van der Waals surface area (Å²) < 4.78 is 8.34. The van der Waals surface area contributed by atoms with Crippen LogP contribution < -0.4 is 4.90 Å². The van der Waals surface area contributed by atoms with E-state index in [9.17, 15) is 4.79 Å². The van der Waals surface area contributed by atoms with Crippen LogP contribution in [-0.4, -0.2) is 65.0 Å². The Kier molecular flexibility index (Phi) is 6.22. The van der Waals surface area contributed by atoms with Gasteiger partial charge in [-0.3, -0.25) is 19.3 Å². The van der Waals surface area contributed by atoms with Gasteiger partial charge in [-0.1, -0.05) is 30.4 Å². The van der Waals surface area contributed by atoms with Crippen LogP contribution in [0.2, 0.25) is 0 Å². The van der Waals surface area contributed by atoms with Gasteiger partial charge in [0, 0.05) is 38.9 Å². The monoisotopic (exact) mass is 413 g/mol. The average molecular weight is 414 g/mol. The molecule has 1 saturated heterocycles.